The summed E-state index contributed by atoms with van der Waals surface area (Å²) in [4.78, 5) is 12.4. The van der Waals surface area contributed by atoms with Crippen LogP contribution in [0.1, 0.15) is 11.6 Å². The summed E-state index contributed by atoms with van der Waals surface area (Å²) in [5.41, 5.74) is 1.11. The second kappa shape index (κ2) is 7.43. The molecule has 1 aromatic rings. The van der Waals surface area contributed by atoms with Crippen molar-refractivity contribution in [3.8, 4) is 5.75 Å². The molecule has 19 heavy (non-hydrogen) atoms. The highest BCUT2D eigenvalue weighted by molar-refractivity contribution is 5.79. The number of hydrogen-bond acceptors (Lipinski definition) is 4. The lowest BCUT2D eigenvalue weighted by Gasteiger charge is -2.25. The molecule has 2 N–H and O–H groups in total. The Morgan fingerprint density at radius 3 is 2.84 bits per heavy atom. The fraction of sp³-hybridized carbons (Fsp3) is 0.357. The number of ether oxygens (including phenoxy) is 1. The number of carbonyl (C=O) groups is 1. The topological polar surface area (TPSA) is 61.8 Å². The Morgan fingerprint density at radius 1 is 1.53 bits per heavy atom. The summed E-state index contributed by atoms with van der Waals surface area (Å²) in [5.74, 6) is -0.152. The molecule has 1 unspecified atom stereocenters. The maximum absolute atomic E-state index is 10.4. The summed E-state index contributed by atoms with van der Waals surface area (Å²) >= 11 is 0. The molecule has 1 aromatic carbocycles. The number of nitrogens with zero attached hydrogens (tertiary/aromatic N) is 1. The van der Waals surface area contributed by atoms with Crippen LogP contribution in [0.2, 0.25) is 0 Å². The predicted octanol–water partition coefficient (Wildman–Crippen LogP) is 1.49. The van der Waals surface area contributed by atoms with Gasteiger partial charge < -0.3 is 20.1 Å². The van der Waals surface area contributed by atoms with Crippen molar-refractivity contribution in [2.24, 2.45) is 0 Å². The van der Waals surface area contributed by atoms with Gasteiger partial charge in [0.15, 0.2) is 0 Å². The lowest BCUT2D eigenvalue weighted by molar-refractivity contribution is -0.131. The van der Waals surface area contributed by atoms with Gasteiger partial charge in [0, 0.05) is 18.8 Å². The number of carboxylic acid groups (broad SMARTS) is 1. The van der Waals surface area contributed by atoms with Gasteiger partial charge in [-0.15, -0.1) is 0 Å². The zero-order chi connectivity index (χ0) is 14.3. The zero-order valence-electron chi connectivity index (χ0n) is 11.5. The number of benzene rings is 1. The van der Waals surface area contributed by atoms with Crippen molar-refractivity contribution >= 4 is 5.97 Å². The number of hydrogen-bond donors (Lipinski definition) is 2. The molecule has 0 saturated heterocycles. The molecule has 0 fully saturated rings. The fourth-order valence-corrected chi connectivity index (χ4v) is 1.76. The Morgan fingerprint density at radius 2 is 2.26 bits per heavy atom. The fourth-order valence-electron chi connectivity index (χ4n) is 1.76. The van der Waals surface area contributed by atoms with E-state index >= 15 is 0 Å². The lowest BCUT2D eigenvalue weighted by Crippen LogP contribution is -2.28. The van der Waals surface area contributed by atoms with E-state index in [-0.39, 0.29) is 6.04 Å². The molecule has 0 bridgehead atoms. The van der Waals surface area contributed by atoms with Crippen LogP contribution in [0.15, 0.2) is 36.5 Å². The number of aliphatic carboxylic acids is 1. The molecule has 0 aliphatic carbocycles. The monoisotopic (exact) mass is 264 g/mol. The van der Waals surface area contributed by atoms with Gasteiger partial charge in [0.1, 0.15) is 5.75 Å². The van der Waals surface area contributed by atoms with Gasteiger partial charge in [0.25, 0.3) is 0 Å². The Bertz CT molecular complexity index is 444. The average molecular weight is 264 g/mol. The van der Waals surface area contributed by atoms with Crippen LogP contribution < -0.4 is 10.1 Å². The number of nitrogens with one attached hydrogen (secondary N) is 1. The molecule has 0 spiro atoms. The SMILES string of the molecule is COc1cccc(C(CN/C=C/C(=O)O)N(C)C)c1. The van der Waals surface area contributed by atoms with Gasteiger partial charge in [-0.05, 0) is 31.8 Å². The van der Waals surface area contributed by atoms with E-state index in [9.17, 15) is 4.79 Å². The van der Waals surface area contributed by atoms with Crippen molar-refractivity contribution in [1.82, 2.24) is 10.2 Å². The van der Waals surface area contributed by atoms with Crippen molar-refractivity contribution in [1.29, 1.82) is 0 Å². The average Bonchev–Trinajstić information content (AvgIpc) is 2.38. The molecule has 0 radical (unpaired) electrons. The number of carboxylic acids is 1. The van der Waals surface area contributed by atoms with Gasteiger partial charge in [0.05, 0.1) is 13.2 Å². The van der Waals surface area contributed by atoms with Crippen LogP contribution in [0, 0.1) is 0 Å². The van der Waals surface area contributed by atoms with E-state index in [0.717, 1.165) is 17.4 Å². The minimum absolute atomic E-state index is 0.133. The van der Waals surface area contributed by atoms with E-state index in [1.807, 2.05) is 38.4 Å². The maximum atomic E-state index is 10.4. The van der Waals surface area contributed by atoms with Crippen LogP contribution in [-0.4, -0.2) is 43.7 Å². The molecule has 0 aromatic heterocycles. The van der Waals surface area contributed by atoms with Gasteiger partial charge in [0.2, 0.25) is 0 Å². The molecule has 0 aliphatic rings. The molecular weight excluding hydrogens is 244 g/mol. The Kier molecular flexibility index (Phi) is 5.89. The minimum Gasteiger partial charge on any atom is -0.497 e. The third-order valence-corrected chi connectivity index (χ3v) is 2.76. The summed E-state index contributed by atoms with van der Waals surface area (Å²) < 4.78 is 5.21. The first-order valence-corrected chi connectivity index (χ1v) is 5.98. The first kappa shape index (κ1) is 15.0. The molecule has 1 rings (SSSR count). The van der Waals surface area contributed by atoms with E-state index in [0.29, 0.717) is 6.54 Å². The van der Waals surface area contributed by atoms with Gasteiger partial charge in [-0.1, -0.05) is 12.1 Å². The second-order valence-electron chi connectivity index (χ2n) is 4.34. The summed E-state index contributed by atoms with van der Waals surface area (Å²) in [7, 11) is 5.59. The standard InChI is InChI=1S/C14H20N2O3/c1-16(2)13(10-15-8-7-14(17)18)11-5-4-6-12(9-11)19-3/h4-9,13,15H,10H2,1-3H3,(H,17,18)/b8-7+. The molecule has 0 aliphatic heterocycles. The number of rotatable bonds is 7. The minimum atomic E-state index is -0.963. The van der Waals surface area contributed by atoms with Gasteiger partial charge in [-0.25, -0.2) is 4.79 Å². The highest BCUT2D eigenvalue weighted by atomic mass is 16.5. The van der Waals surface area contributed by atoms with Crippen molar-refractivity contribution in [3.05, 3.63) is 42.1 Å². The Balaban J connectivity index is 2.73. The number of likely N-dealkylation sites (N-methyl/N-ethyl adjacent to an activating group) is 1. The predicted molar refractivity (Wildman–Crippen MR) is 74.2 cm³/mol. The Labute approximate surface area is 113 Å². The largest absolute Gasteiger partial charge is 0.497 e. The summed E-state index contributed by atoms with van der Waals surface area (Å²) in [6, 6.07) is 7.97. The third kappa shape index (κ3) is 5.01. The van der Waals surface area contributed by atoms with E-state index in [2.05, 4.69) is 10.2 Å². The second-order valence-corrected chi connectivity index (χ2v) is 4.34. The molecule has 0 saturated carbocycles. The van der Waals surface area contributed by atoms with Gasteiger partial charge in [-0.3, -0.25) is 0 Å². The molecule has 0 amide bonds. The number of methoxy groups -OCH3 is 1. The van der Waals surface area contributed by atoms with Gasteiger partial charge in [-0.2, -0.15) is 0 Å². The molecule has 5 nitrogen and oxygen atoms in total. The smallest absolute Gasteiger partial charge is 0.329 e. The highest BCUT2D eigenvalue weighted by Gasteiger charge is 2.13. The van der Waals surface area contributed by atoms with Crippen LogP contribution in [0.5, 0.6) is 5.75 Å². The van der Waals surface area contributed by atoms with Crippen LogP contribution in [-0.2, 0) is 4.79 Å². The molecule has 0 heterocycles. The highest BCUT2D eigenvalue weighted by Crippen LogP contribution is 2.21. The van der Waals surface area contributed by atoms with Gasteiger partial charge >= 0.3 is 5.97 Å². The van der Waals surface area contributed by atoms with E-state index < -0.39 is 5.97 Å². The van der Waals surface area contributed by atoms with Crippen molar-refractivity contribution in [2.75, 3.05) is 27.7 Å². The summed E-state index contributed by atoms with van der Waals surface area (Å²) in [6.07, 6.45) is 2.53. The first-order valence-electron chi connectivity index (χ1n) is 5.98. The Hall–Kier alpha value is -2.01. The third-order valence-electron chi connectivity index (χ3n) is 2.76. The normalized spacial score (nSPS) is 12.6. The van der Waals surface area contributed by atoms with Crippen LogP contribution >= 0.6 is 0 Å². The van der Waals surface area contributed by atoms with E-state index in [1.54, 1.807) is 7.11 Å². The van der Waals surface area contributed by atoms with Crippen molar-refractivity contribution < 1.29 is 14.6 Å². The maximum Gasteiger partial charge on any atom is 0.329 e. The zero-order valence-corrected chi connectivity index (χ0v) is 11.5. The van der Waals surface area contributed by atoms with E-state index in [1.165, 1.54) is 6.20 Å². The van der Waals surface area contributed by atoms with Crippen LogP contribution in [0.3, 0.4) is 0 Å². The molecule has 1 atom stereocenters. The lowest BCUT2D eigenvalue weighted by atomic mass is 10.1. The molecular formula is C14H20N2O3. The first-order chi connectivity index (χ1) is 9.04. The van der Waals surface area contributed by atoms with Crippen LogP contribution in [0.4, 0.5) is 0 Å². The summed E-state index contributed by atoms with van der Waals surface area (Å²) in [6.45, 7) is 0.615. The summed E-state index contributed by atoms with van der Waals surface area (Å²) in [5, 5.41) is 11.5. The van der Waals surface area contributed by atoms with Crippen molar-refractivity contribution in [2.45, 2.75) is 6.04 Å². The van der Waals surface area contributed by atoms with Crippen LogP contribution in [0.25, 0.3) is 0 Å². The van der Waals surface area contributed by atoms with E-state index in [4.69, 9.17) is 9.84 Å². The quantitative estimate of drug-likeness (QED) is 0.731. The van der Waals surface area contributed by atoms with Crippen molar-refractivity contribution in [3.63, 3.8) is 0 Å². The molecule has 5 heteroatoms. The molecule has 104 valence electrons.